The fraction of sp³-hybridized carbons (Fsp3) is 0.636. The van der Waals surface area contributed by atoms with Crippen molar-refractivity contribution in [2.24, 2.45) is 0 Å². The summed E-state index contributed by atoms with van der Waals surface area (Å²) in [5.41, 5.74) is 0.120. The van der Waals surface area contributed by atoms with Crippen molar-refractivity contribution in [3.63, 3.8) is 0 Å². The lowest BCUT2D eigenvalue weighted by Gasteiger charge is -2.31. The van der Waals surface area contributed by atoms with Gasteiger partial charge in [-0.05, 0) is 19.9 Å². The smallest absolute Gasteiger partial charge is 0.387 e. The topological polar surface area (TPSA) is 24.5 Å². The van der Waals surface area contributed by atoms with Gasteiger partial charge in [0.05, 0.1) is 0 Å². The lowest BCUT2D eigenvalue weighted by Crippen LogP contribution is -2.43. The van der Waals surface area contributed by atoms with Crippen LogP contribution in [0.3, 0.4) is 0 Å². The van der Waals surface area contributed by atoms with Crippen LogP contribution < -0.4 is 5.32 Å². The monoisotopic (exact) mass is 250 g/mol. The summed E-state index contributed by atoms with van der Waals surface area (Å²) in [6, 6.07) is 0. The van der Waals surface area contributed by atoms with E-state index in [0.717, 1.165) is 0 Å². The lowest BCUT2D eigenvalue weighted by molar-refractivity contribution is -0.0978. The molecule has 98 valence electrons. The van der Waals surface area contributed by atoms with E-state index in [4.69, 9.17) is 0 Å². The maximum atomic E-state index is 13.7. The van der Waals surface area contributed by atoms with Gasteiger partial charge in [-0.15, -0.1) is 0 Å². The molecule has 0 aliphatic carbocycles. The second kappa shape index (κ2) is 6.54. The van der Waals surface area contributed by atoms with Crippen molar-refractivity contribution in [1.29, 1.82) is 0 Å². The minimum atomic E-state index is -2.93. The number of nitrogens with one attached hydrogen (secondary N) is 1. The first-order chi connectivity index (χ1) is 8.06. The van der Waals surface area contributed by atoms with Gasteiger partial charge in [-0.25, -0.2) is 4.39 Å². The highest BCUT2D eigenvalue weighted by Gasteiger charge is 2.21. The summed E-state index contributed by atoms with van der Waals surface area (Å²) in [4.78, 5) is 1.71. The van der Waals surface area contributed by atoms with Gasteiger partial charge in [-0.3, -0.25) is 0 Å². The Hall–Kier alpha value is -1.17. The Morgan fingerprint density at radius 1 is 1.35 bits per heavy atom. The molecule has 0 aromatic heterocycles. The SMILES string of the molecule is CC=C(F)C(=C(C)OC(F)F)N1CCNCC1. The van der Waals surface area contributed by atoms with Gasteiger partial charge >= 0.3 is 6.61 Å². The van der Waals surface area contributed by atoms with Crippen molar-refractivity contribution in [3.8, 4) is 0 Å². The molecule has 1 aliphatic rings. The number of ether oxygens (including phenoxy) is 1. The molecule has 1 N–H and O–H groups in total. The van der Waals surface area contributed by atoms with E-state index >= 15 is 0 Å². The maximum absolute atomic E-state index is 13.7. The first-order valence-corrected chi connectivity index (χ1v) is 5.49. The molecule has 0 radical (unpaired) electrons. The summed E-state index contributed by atoms with van der Waals surface area (Å²) >= 11 is 0. The molecule has 1 aliphatic heterocycles. The predicted molar refractivity (Wildman–Crippen MR) is 59.1 cm³/mol. The average Bonchev–Trinajstić information content (AvgIpc) is 2.29. The second-order valence-corrected chi connectivity index (χ2v) is 3.66. The third-order valence-electron chi connectivity index (χ3n) is 2.51. The van der Waals surface area contributed by atoms with Crippen LogP contribution in [-0.4, -0.2) is 37.7 Å². The second-order valence-electron chi connectivity index (χ2n) is 3.66. The Morgan fingerprint density at radius 3 is 2.41 bits per heavy atom. The van der Waals surface area contributed by atoms with Gasteiger partial charge in [0.1, 0.15) is 17.3 Å². The van der Waals surface area contributed by atoms with E-state index in [1.54, 1.807) is 4.90 Å². The Morgan fingerprint density at radius 2 is 1.94 bits per heavy atom. The normalized spacial score (nSPS) is 19.4. The molecule has 1 fully saturated rings. The minimum absolute atomic E-state index is 0.0856. The molecule has 0 aromatic rings. The molecule has 0 saturated carbocycles. The van der Waals surface area contributed by atoms with E-state index < -0.39 is 12.4 Å². The molecule has 0 atom stereocenters. The zero-order chi connectivity index (χ0) is 12.8. The number of alkyl halides is 2. The molecule has 0 bridgehead atoms. The van der Waals surface area contributed by atoms with Crippen LogP contribution in [0.4, 0.5) is 13.2 Å². The van der Waals surface area contributed by atoms with Crippen molar-refractivity contribution < 1.29 is 17.9 Å². The highest BCUT2D eigenvalue weighted by molar-refractivity contribution is 5.26. The summed E-state index contributed by atoms with van der Waals surface area (Å²) in [6.07, 6.45) is 1.25. The average molecular weight is 250 g/mol. The van der Waals surface area contributed by atoms with E-state index in [0.29, 0.717) is 26.2 Å². The van der Waals surface area contributed by atoms with E-state index in [1.807, 2.05) is 0 Å². The van der Waals surface area contributed by atoms with Crippen molar-refractivity contribution in [2.45, 2.75) is 20.5 Å². The Bertz CT molecular complexity index is 310. The van der Waals surface area contributed by atoms with Crippen molar-refractivity contribution in [2.75, 3.05) is 26.2 Å². The molecule has 0 unspecified atom stereocenters. The molecule has 1 saturated heterocycles. The number of piperazine rings is 1. The number of hydrogen-bond donors (Lipinski definition) is 1. The van der Waals surface area contributed by atoms with Crippen LogP contribution >= 0.6 is 0 Å². The third kappa shape index (κ3) is 3.96. The van der Waals surface area contributed by atoms with E-state index in [-0.39, 0.29) is 11.5 Å². The lowest BCUT2D eigenvalue weighted by atomic mass is 10.2. The number of halogens is 3. The largest absolute Gasteiger partial charge is 0.437 e. The molecule has 0 amide bonds. The van der Waals surface area contributed by atoms with Crippen LogP contribution in [0, 0.1) is 0 Å². The van der Waals surface area contributed by atoms with E-state index in [1.165, 1.54) is 19.9 Å². The zero-order valence-corrected chi connectivity index (χ0v) is 9.97. The molecule has 17 heavy (non-hydrogen) atoms. The molecule has 0 spiro atoms. The summed E-state index contributed by atoms with van der Waals surface area (Å²) < 4.78 is 42.3. The molecular weight excluding hydrogens is 233 g/mol. The van der Waals surface area contributed by atoms with Crippen LogP contribution in [0.25, 0.3) is 0 Å². The molecule has 0 aromatic carbocycles. The van der Waals surface area contributed by atoms with Crippen LogP contribution in [0.2, 0.25) is 0 Å². The van der Waals surface area contributed by atoms with Gasteiger partial charge in [0.2, 0.25) is 0 Å². The Labute approximate surface area is 98.9 Å². The summed E-state index contributed by atoms with van der Waals surface area (Å²) in [5, 5.41) is 3.11. The highest BCUT2D eigenvalue weighted by atomic mass is 19.3. The summed E-state index contributed by atoms with van der Waals surface area (Å²) in [5.74, 6) is -0.623. The number of nitrogens with zero attached hydrogens (tertiary/aromatic N) is 1. The van der Waals surface area contributed by atoms with Gasteiger partial charge in [0, 0.05) is 26.2 Å². The minimum Gasteiger partial charge on any atom is -0.437 e. The van der Waals surface area contributed by atoms with Crippen molar-refractivity contribution in [1.82, 2.24) is 10.2 Å². The molecular formula is C11H17F3N2O. The predicted octanol–water partition coefficient (Wildman–Crippen LogP) is 2.24. The third-order valence-corrected chi connectivity index (χ3v) is 2.51. The van der Waals surface area contributed by atoms with E-state index in [9.17, 15) is 13.2 Å². The maximum Gasteiger partial charge on any atom is 0.387 e. The van der Waals surface area contributed by atoms with E-state index in [2.05, 4.69) is 10.1 Å². The number of allylic oxidation sites excluding steroid dienone is 3. The van der Waals surface area contributed by atoms with Crippen molar-refractivity contribution in [3.05, 3.63) is 23.4 Å². The fourth-order valence-corrected chi connectivity index (χ4v) is 1.76. The quantitative estimate of drug-likeness (QED) is 0.611. The van der Waals surface area contributed by atoms with Crippen LogP contribution in [0.1, 0.15) is 13.8 Å². The first kappa shape index (κ1) is 13.9. The Kier molecular flexibility index (Phi) is 5.34. The number of rotatable bonds is 4. The van der Waals surface area contributed by atoms with Crippen molar-refractivity contribution >= 4 is 0 Å². The van der Waals surface area contributed by atoms with Gasteiger partial charge in [0.25, 0.3) is 0 Å². The molecule has 1 heterocycles. The van der Waals surface area contributed by atoms with Crippen LogP contribution in [0.15, 0.2) is 23.4 Å². The Balaban J connectivity index is 2.93. The van der Waals surface area contributed by atoms with Gasteiger partial charge in [-0.2, -0.15) is 8.78 Å². The summed E-state index contributed by atoms with van der Waals surface area (Å²) in [6.45, 7) is 2.48. The number of hydrogen-bond acceptors (Lipinski definition) is 3. The molecule has 1 rings (SSSR count). The van der Waals surface area contributed by atoms with Gasteiger partial charge in [0.15, 0.2) is 0 Å². The fourth-order valence-electron chi connectivity index (χ4n) is 1.76. The van der Waals surface area contributed by atoms with Gasteiger partial charge in [-0.1, -0.05) is 0 Å². The highest BCUT2D eigenvalue weighted by Crippen LogP contribution is 2.23. The zero-order valence-electron chi connectivity index (χ0n) is 9.97. The first-order valence-electron chi connectivity index (χ1n) is 5.49. The summed E-state index contributed by atoms with van der Waals surface area (Å²) in [7, 11) is 0. The standard InChI is InChI=1S/C11H17F3N2O/c1-3-9(12)10(8(2)17-11(13)14)16-6-4-15-5-7-16/h3,11,15H,4-7H2,1-2H3. The van der Waals surface area contributed by atoms with Crippen LogP contribution in [0.5, 0.6) is 0 Å². The van der Waals surface area contributed by atoms with Crippen LogP contribution in [-0.2, 0) is 4.74 Å². The molecule has 6 heteroatoms. The molecule has 3 nitrogen and oxygen atoms in total. The van der Waals surface area contributed by atoms with Gasteiger partial charge < -0.3 is 15.0 Å².